The number of carbonyl (C=O) groups excluding carboxylic acids is 1. The summed E-state index contributed by atoms with van der Waals surface area (Å²) in [4.78, 5) is 24.0. The quantitative estimate of drug-likeness (QED) is 0.595. The van der Waals surface area contributed by atoms with Crippen molar-refractivity contribution < 1.29 is 19.1 Å². The van der Waals surface area contributed by atoms with Crippen molar-refractivity contribution in [2.45, 2.75) is 109 Å². The van der Waals surface area contributed by atoms with Crippen molar-refractivity contribution in [3.8, 4) is 0 Å². The first kappa shape index (κ1) is 25.0. The molecule has 5 rings (SSSR count). The number of fused-ring (bicyclic) bond motifs is 5. The van der Waals surface area contributed by atoms with Gasteiger partial charge in [0.2, 0.25) is 0 Å². The van der Waals surface area contributed by atoms with Crippen LogP contribution in [0.4, 0.5) is 0 Å². The number of hydrogen-bond acceptors (Lipinski definition) is 6. The molecule has 1 aromatic heterocycles. The number of ether oxygens (including phenoxy) is 1. The molecule has 1 aromatic rings. The van der Waals surface area contributed by atoms with E-state index in [0.717, 1.165) is 63.4 Å². The Bertz CT molecular complexity index is 1000. The summed E-state index contributed by atoms with van der Waals surface area (Å²) in [6, 6.07) is 2.84. The third kappa shape index (κ3) is 3.81. The molecule has 4 fully saturated rings. The molecule has 194 valence electrons. The molecule has 0 aromatic carbocycles. The van der Waals surface area contributed by atoms with Gasteiger partial charge in [-0.3, -0.25) is 4.79 Å². The molecule has 0 saturated heterocycles. The van der Waals surface area contributed by atoms with E-state index in [4.69, 9.17) is 14.9 Å². The van der Waals surface area contributed by atoms with Crippen molar-refractivity contribution in [2.75, 3.05) is 0 Å². The second kappa shape index (κ2) is 8.72. The molecule has 0 bridgehead atoms. The average molecular weight is 486 g/mol. The highest BCUT2D eigenvalue weighted by Crippen LogP contribution is 2.70. The van der Waals surface area contributed by atoms with Gasteiger partial charge in [-0.2, -0.15) is 0 Å². The summed E-state index contributed by atoms with van der Waals surface area (Å²) in [7, 11) is 0. The Hall–Kier alpha value is -1.66. The second-order valence-electron chi connectivity index (χ2n) is 13.0. The Morgan fingerprint density at radius 1 is 1.09 bits per heavy atom. The number of rotatable bonds is 4. The first-order valence-electron chi connectivity index (χ1n) is 13.8. The highest BCUT2D eigenvalue weighted by atomic mass is 16.5. The van der Waals surface area contributed by atoms with E-state index in [1.165, 1.54) is 6.07 Å². The minimum atomic E-state index is -0.696. The minimum Gasteiger partial charge on any atom is -0.461 e. The van der Waals surface area contributed by atoms with Crippen molar-refractivity contribution in [1.29, 1.82) is 0 Å². The monoisotopic (exact) mass is 485 g/mol. The van der Waals surface area contributed by atoms with Crippen LogP contribution in [0.1, 0.15) is 97.0 Å². The second-order valence-corrected chi connectivity index (χ2v) is 13.0. The molecule has 1 heterocycles. The zero-order valence-corrected chi connectivity index (χ0v) is 21.8. The van der Waals surface area contributed by atoms with E-state index in [1.54, 1.807) is 6.26 Å². The predicted molar refractivity (Wildman–Crippen MR) is 134 cm³/mol. The molecule has 6 nitrogen and oxygen atoms in total. The van der Waals surface area contributed by atoms with Gasteiger partial charge in [-0.15, -0.1) is 0 Å². The van der Waals surface area contributed by atoms with Crippen LogP contribution < -0.4 is 11.4 Å². The number of hydrogen-bond donors (Lipinski definition) is 2. The van der Waals surface area contributed by atoms with Gasteiger partial charge in [-0.1, -0.05) is 27.7 Å². The molecule has 0 amide bonds. The van der Waals surface area contributed by atoms with Crippen molar-refractivity contribution in [1.82, 2.24) is 0 Å². The highest BCUT2D eigenvalue weighted by molar-refractivity contribution is 5.75. The highest BCUT2D eigenvalue weighted by Gasteiger charge is 2.67. The number of esters is 1. The van der Waals surface area contributed by atoms with Crippen LogP contribution in [0.3, 0.4) is 0 Å². The molecule has 1 unspecified atom stereocenters. The first-order valence-corrected chi connectivity index (χ1v) is 13.8. The number of aliphatic hydroxyl groups is 1. The molecule has 9 atom stereocenters. The van der Waals surface area contributed by atoms with Crippen LogP contribution >= 0.6 is 0 Å². The molecule has 4 saturated carbocycles. The smallest absolute Gasteiger partial charge is 0.335 e. The number of nitrogens with two attached hydrogens (primary N) is 1. The summed E-state index contributed by atoms with van der Waals surface area (Å²) in [6.07, 6.45) is 10.3. The van der Waals surface area contributed by atoms with Gasteiger partial charge in [0.25, 0.3) is 0 Å². The maximum Gasteiger partial charge on any atom is 0.335 e. The summed E-state index contributed by atoms with van der Waals surface area (Å²) >= 11 is 0. The van der Waals surface area contributed by atoms with Crippen LogP contribution in [0.15, 0.2) is 27.6 Å². The Morgan fingerprint density at radius 3 is 2.54 bits per heavy atom. The van der Waals surface area contributed by atoms with Crippen LogP contribution in [0.5, 0.6) is 0 Å². The van der Waals surface area contributed by atoms with Crippen LogP contribution in [0.2, 0.25) is 0 Å². The van der Waals surface area contributed by atoms with Gasteiger partial charge >= 0.3 is 11.6 Å². The van der Waals surface area contributed by atoms with Gasteiger partial charge in [0.1, 0.15) is 12.1 Å². The molecule has 0 radical (unpaired) electrons. The zero-order chi connectivity index (χ0) is 25.2. The molecule has 35 heavy (non-hydrogen) atoms. The lowest BCUT2D eigenvalue weighted by Gasteiger charge is -2.63. The molecule has 4 aliphatic rings. The molecule has 4 aliphatic carbocycles. The maximum atomic E-state index is 12.5. The average Bonchev–Trinajstić information content (AvgIpc) is 3.10. The summed E-state index contributed by atoms with van der Waals surface area (Å²) in [5, 5.41) is 12.4. The van der Waals surface area contributed by atoms with E-state index in [2.05, 4.69) is 13.8 Å². The standard InChI is InChI=1S/C29H43NO5/c1-17(2)25(30)26(32)35-20-9-12-27(3)19(15-20)6-7-23-22(27)10-13-28(4)21(11-14-29(23,28)33)18-5-8-24(31)34-16-18/h5,8,16-17,19-23,25,33H,6-7,9-15,30H2,1-4H3/t19-,20-,21+,22-,23+,25?,27-,28+,29-/m0/s1. The molecule has 0 aliphatic heterocycles. The lowest BCUT2D eigenvalue weighted by molar-refractivity contribution is -0.207. The molecular formula is C29H43NO5. The topological polar surface area (TPSA) is 103 Å². The number of carbonyl (C=O) groups is 1. The van der Waals surface area contributed by atoms with Gasteiger partial charge < -0.3 is 20.0 Å². The summed E-state index contributed by atoms with van der Waals surface area (Å²) < 4.78 is 11.1. The third-order valence-corrected chi connectivity index (χ3v) is 11.2. The van der Waals surface area contributed by atoms with Crippen LogP contribution in [0.25, 0.3) is 0 Å². The van der Waals surface area contributed by atoms with Crippen molar-refractivity contribution >= 4 is 5.97 Å². The normalized spacial score (nSPS) is 43.7. The fraction of sp³-hybridized carbons (Fsp3) is 0.793. The molecule has 3 N–H and O–H groups in total. The lowest BCUT2D eigenvalue weighted by atomic mass is 9.43. The van der Waals surface area contributed by atoms with Gasteiger partial charge in [-0.05, 0) is 104 Å². The van der Waals surface area contributed by atoms with E-state index < -0.39 is 11.6 Å². The SMILES string of the molecule is CC(C)C(N)C(=O)O[C@H]1CC[C@@]2(C)[C@@H](CC[C@@H]3[C@@H]2CC[C@]2(C)[C@@H](c4ccc(=O)oc4)CC[C@]32O)C1. The third-order valence-electron chi connectivity index (χ3n) is 11.2. The van der Waals surface area contributed by atoms with Crippen molar-refractivity contribution in [3.05, 3.63) is 34.4 Å². The van der Waals surface area contributed by atoms with E-state index >= 15 is 0 Å². The fourth-order valence-corrected chi connectivity index (χ4v) is 8.91. The van der Waals surface area contributed by atoms with Crippen molar-refractivity contribution in [3.63, 3.8) is 0 Å². The van der Waals surface area contributed by atoms with Gasteiger partial charge in [-0.25, -0.2) is 4.79 Å². The Labute approximate surface area is 209 Å². The van der Waals surface area contributed by atoms with Gasteiger partial charge in [0, 0.05) is 11.5 Å². The van der Waals surface area contributed by atoms with E-state index in [0.29, 0.717) is 11.8 Å². The summed E-state index contributed by atoms with van der Waals surface area (Å²) in [5.74, 6) is 1.31. The molecule has 6 heteroatoms. The minimum absolute atomic E-state index is 0.0394. The Kier molecular flexibility index (Phi) is 6.23. The van der Waals surface area contributed by atoms with E-state index in [1.807, 2.05) is 19.9 Å². The van der Waals surface area contributed by atoms with Crippen molar-refractivity contribution in [2.24, 2.45) is 40.2 Å². The fourth-order valence-electron chi connectivity index (χ4n) is 8.91. The maximum absolute atomic E-state index is 12.5. The molecule has 0 spiro atoms. The largest absolute Gasteiger partial charge is 0.461 e. The Balaban J connectivity index is 1.33. The first-order chi connectivity index (χ1) is 16.5. The summed E-state index contributed by atoms with van der Waals surface area (Å²) in [5.41, 5.74) is 6.02. The van der Waals surface area contributed by atoms with Gasteiger partial charge in [0.15, 0.2) is 0 Å². The Morgan fingerprint density at radius 2 is 1.86 bits per heavy atom. The summed E-state index contributed by atoms with van der Waals surface area (Å²) in [6.45, 7) is 8.62. The molecular weight excluding hydrogens is 442 g/mol. The zero-order valence-electron chi connectivity index (χ0n) is 21.8. The van der Waals surface area contributed by atoms with Crippen LogP contribution in [-0.4, -0.2) is 28.8 Å². The van der Waals surface area contributed by atoms with E-state index in [9.17, 15) is 14.7 Å². The van der Waals surface area contributed by atoms with Gasteiger partial charge in [0.05, 0.1) is 11.9 Å². The predicted octanol–water partition coefficient (Wildman–Crippen LogP) is 4.78. The van der Waals surface area contributed by atoms with Crippen LogP contribution in [0, 0.1) is 34.5 Å². The lowest BCUT2D eigenvalue weighted by Crippen LogP contribution is -2.62. The van der Waals surface area contributed by atoms with E-state index in [-0.39, 0.29) is 46.3 Å². The van der Waals surface area contributed by atoms with Crippen LogP contribution in [-0.2, 0) is 9.53 Å².